The second-order valence-electron chi connectivity index (χ2n) is 5.65. The molecule has 0 saturated heterocycles. The van der Waals surface area contributed by atoms with Gasteiger partial charge in [-0.15, -0.1) is 0 Å². The number of ketones is 1. The number of hydrogen-bond acceptors (Lipinski definition) is 1. The van der Waals surface area contributed by atoms with Crippen molar-refractivity contribution in [3.05, 3.63) is 96.1 Å². The van der Waals surface area contributed by atoms with Gasteiger partial charge in [-0.2, -0.15) is 0 Å². The maximum absolute atomic E-state index is 13.1. The van der Waals surface area contributed by atoms with E-state index in [4.69, 9.17) is 0 Å². The van der Waals surface area contributed by atoms with Gasteiger partial charge in [0.2, 0.25) is 0 Å². The first-order valence-electron chi connectivity index (χ1n) is 7.69. The zero-order valence-electron chi connectivity index (χ0n) is 12.8. The van der Waals surface area contributed by atoms with E-state index in [1.807, 2.05) is 48.7 Å². The average Bonchev–Trinajstić information content (AvgIpc) is 3.11. The third-order valence-corrected chi connectivity index (χ3v) is 4.18. The lowest BCUT2D eigenvalue weighted by Crippen LogP contribution is -2.01. The minimum absolute atomic E-state index is 0.126. The molecule has 0 aliphatic carbocycles. The minimum Gasteiger partial charge on any atom is -0.366 e. The molecule has 24 heavy (non-hydrogen) atoms. The summed E-state index contributed by atoms with van der Waals surface area (Å²) in [5.74, 6) is -0.478. The zero-order valence-corrected chi connectivity index (χ0v) is 12.8. The molecule has 0 spiro atoms. The van der Waals surface area contributed by atoms with Crippen molar-refractivity contribution in [3.63, 3.8) is 0 Å². The lowest BCUT2D eigenvalue weighted by atomic mass is 9.94. The molecule has 4 aromatic rings. The summed E-state index contributed by atoms with van der Waals surface area (Å²) in [4.78, 5) is 15.8. The lowest BCUT2D eigenvalue weighted by molar-refractivity contribution is 0.103. The third kappa shape index (κ3) is 2.40. The van der Waals surface area contributed by atoms with E-state index in [1.54, 1.807) is 6.20 Å². The summed E-state index contributed by atoms with van der Waals surface area (Å²) in [7, 11) is 0. The molecular weight excluding hydrogens is 301 g/mol. The summed E-state index contributed by atoms with van der Waals surface area (Å²) in [6.45, 7) is 0. The summed E-state index contributed by atoms with van der Waals surface area (Å²) in [6, 6.07) is 19.7. The van der Waals surface area contributed by atoms with Gasteiger partial charge < -0.3 is 4.98 Å². The van der Waals surface area contributed by atoms with Crippen LogP contribution in [0.4, 0.5) is 4.39 Å². The van der Waals surface area contributed by atoms with Gasteiger partial charge in [0.15, 0.2) is 5.78 Å². The minimum atomic E-state index is -0.352. The van der Waals surface area contributed by atoms with Crippen LogP contribution in [-0.4, -0.2) is 10.8 Å². The molecular formula is C21H14FNO. The van der Waals surface area contributed by atoms with Crippen molar-refractivity contribution in [2.75, 3.05) is 0 Å². The van der Waals surface area contributed by atoms with Crippen molar-refractivity contribution in [3.8, 4) is 11.1 Å². The second kappa shape index (κ2) is 5.78. The van der Waals surface area contributed by atoms with Crippen LogP contribution in [0.5, 0.6) is 0 Å². The number of rotatable bonds is 3. The van der Waals surface area contributed by atoms with Gasteiger partial charge in [-0.1, -0.05) is 42.5 Å². The van der Waals surface area contributed by atoms with Gasteiger partial charge in [-0.25, -0.2) is 4.39 Å². The van der Waals surface area contributed by atoms with Crippen LogP contribution in [0.15, 0.2) is 79.1 Å². The molecule has 0 aliphatic rings. The van der Waals surface area contributed by atoms with Gasteiger partial charge in [0, 0.05) is 29.1 Å². The predicted octanol–water partition coefficient (Wildman–Crippen LogP) is 5.21. The van der Waals surface area contributed by atoms with Gasteiger partial charge in [-0.05, 0) is 40.6 Å². The molecule has 1 N–H and O–H groups in total. The van der Waals surface area contributed by atoms with Crippen LogP contribution in [0.1, 0.15) is 15.9 Å². The molecule has 0 atom stereocenters. The lowest BCUT2D eigenvalue weighted by Gasteiger charge is -2.08. The van der Waals surface area contributed by atoms with E-state index < -0.39 is 0 Å². The largest absolute Gasteiger partial charge is 0.366 e. The van der Waals surface area contributed by atoms with Crippen LogP contribution < -0.4 is 0 Å². The Kier molecular flexibility index (Phi) is 3.47. The van der Waals surface area contributed by atoms with E-state index in [-0.39, 0.29) is 11.6 Å². The fourth-order valence-electron chi connectivity index (χ4n) is 2.99. The highest BCUT2D eigenvalue weighted by atomic mass is 19.1. The predicted molar refractivity (Wildman–Crippen MR) is 93.6 cm³/mol. The number of fused-ring (bicyclic) bond motifs is 1. The van der Waals surface area contributed by atoms with Crippen molar-refractivity contribution >= 4 is 16.6 Å². The summed E-state index contributed by atoms with van der Waals surface area (Å²) in [5, 5.41) is 2.21. The molecule has 0 amide bonds. The Bertz CT molecular complexity index is 1030. The molecule has 0 radical (unpaired) electrons. The highest BCUT2D eigenvalue weighted by Gasteiger charge is 2.17. The Labute approximate surface area is 138 Å². The Morgan fingerprint density at radius 1 is 0.792 bits per heavy atom. The van der Waals surface area contributed by atoms with Crippen LogP contribution >= 0.6 is 0 Å². The number of benzene rings is 3. The Balaban J connectivity index is 1.85. The first-order valence-corrected chi connectivity index (χ1v) is 7.69. The normalized spacial score (nSPS) is 10.9. The summed E-state index contributed by atoms with van der Waals surface area (Å²) in [6.07, 6.45) is 3.53. The number of aromatic amines is 1. The summed E-state index contributed by atoms with van der Waals surface area (Å²) < 4.78 is 13.1. The van der Waals surface area contributed by atoms with Crippen molar-refractivity contribution in [1.82, 2.24) is 4.98 Å². The number of carbonyl (C=O) groups excluding carboxylic acids is 1. The number of halogens is 1. The third-order valence-electron chi connectivity index (χ3n) is 4.18. The second-order valence-corrected chi connectivity index (χ2v) is 5.65. The van der Waals surface area contributed by atoms with E-state index in [0.29, 0.717) is 11.1 Å². The molecule has 3 aromatic carbocycles. The number of hydrogen-bond donors (Lipinski definition) is 1. The molecule has 0 aliphatic heterocycles. The molecule has 116 valence electrons. The smallest absolute Gasteiger partial charge is 0.195 e. The Morgan fingerprint density at radius 2 is 1.54 bits per heavy atom. The Hall–Kier alpha value is -3.20. The van der Waals surface area contributed by atoms with E-state index >= 15 is 0 Å². The van der Waals surface area contributed by atoms with Crippen molar-refractivity contribution in [2.45, 2.75) is 0 Å². The molecule has 4 rings (SSSR count). The fraction of sp³-hybridized carbons (Fsp3) is 0. The highest BCUT2D eigenvalue weighted by Crippen LogP contribution is 2.32. The van der Waals surface area contributed by atoms with E-state index in [0.717, 1.165) is 21.9 Å². The number of aromatic nitrogens is 1. The van der Waals surface area contributed by atoms with Crippen LogP contribution in [0.3, 0.4) is 0 Å². The molecule has 1 aromatic heterocycles. The van der Waals surface area contributed by atoms with Crippen molar-refractivity contribution < 1.29 is 9.18 Å². The van der Waals surface area contributed by atoms with Crippen LogP contribution in [0.2, 0.25) is 0 Å². The van der Waals surface area contributed by atoms with Crippen molar-refractivity contribution in [1.29, 1.82) is 0 Å². The van der Waals surface area contributed by atoms with Gasteiger partial charge in [0.05, 0.1) is 0 Å². The highest BCUT2D eigenvalue weighted by molar-refractivity contribution is 6.14. The molecule has 0 unspecified atom stereocenters. The molecule has 0 saturated carbocycles. The van der Waals surface area contributed by atoms with E-state index in [1.165, 1.54) is 24.3 Å². The summed E-state index contributed by atoms with van der Waals surface area (Å²) >= 11 is 0. The monoisotopic (exact) mass is 315 g/mol. The van der Waals surface area contributed by atoms with Crippen LogP contribution in [0.25, 0.3) is 21.9 Å². The summed E-state index contributed by atoms with van der Waals surface area (Å²) in [5.41, 5.74) is 2.90. The first-order chi connectivity index (χ1) is 11.7. The maximum Gasteiger partial charge on any atom is 0.195 e. The topological polar surface area (TPSA) is 32.9 Å². The van der Waals surface area contributed by atoms with Gasteiger partial charge in [0.25, 0.3) is 0 Å². The standard InChI is InChI=1S/C21H14FNO/c22-16-10-8-15(9-11-16)21(24)20-13-23-12-19(20)18-7-3-5-14-4-1-2-6-17(14)18/h1-13,23H. The first kappa shape index (κ1) is 14.4. The zero-order chi connectivity index (χ0) is 16.5. The quantitative estimate of drug-likeness (QED) is 0.518. The van der Waals surface area contributed by atoms with Gasteiger partial charge in [0.1, 0.15) is 5.82 Å². The van der Waals surface area contributed by atoms with Gasteiger partial charge >= 0.3 is 0 Å². The average molecular weight is 315 g/mol. The molecule has 1 heterocycles. The number of nitrogens with one attached hydrogen (secondary N) is 1. The van der Waals surface area contributed by atoms with E-state index in [2.05, 4.69) is 4.98 Å². The maximum atomic E-state index is 13.1. The Morgan fingerprint density at radius 3 is 2.38 bits per heavy atom. The number of H-pyrrole nitrogens is 1. The molecule has 0 bridgehead atoms. The SMILES string of the molecule is O=C(c1ccc(F)cc1)c1c[nH]cc1-c1cccc2ccccc12. The van der Waals surface area contributed by atoms with Crippen LogP contribution in [0, 0.1) is 5.82 Å². The molecule has 3 heteroatoms. The van der Waals surface area contributed by atoms with Crippen molar-refractivity contribution in [2.24, 2.45) is 0 Å². The number of carbonyl (C=O) groups is 1. The van der Waals surface area contributed by atoms with E-state index in [9.17, 15) is 9.18 Å². The van der Waals surface area contributed by atoms with Gasteiger partial charge in [-0.3, -0.25) is 4.79 Å². The fourth-order valence-corrected chi connectivity index (χ4v) is 2.99. The van der Waals surface area contributed by atoms with Crippen LogP contribution in [-0.2, 0) is 0 Å². The molecule has 0 fully saturated rings. The molecule has 2 nitrogen and oxygen atoms in total.